The van der Waals surface area contributed by atoms with Gasteiger partial charge < -0.3 is 10.1 Å². The van der Waals surface area contributed by atoms with Crippen molar-refractivity contribution in [1.82, 2.24) is 10.2 Å². The Balaban J connectivity index is 0.00000264. The molecule has 1 atom stereocenters. The van der Waals surface area contributed by atoms with Crippen molar-refractivity contribution < 1.29 is 26.7 Å². The highest BCUT2D eigenvalue weighted by atomic mass is 35.5. The van der Waals surface area contributed by atoms with Crippen molar-refractivity contribution in [1.29, 1.82) is 0 Å². The first kappa shape index (κ1) is 19.9. The molecule has 1 saturated heterocycles. The number of hydrogen-bond acceptors (Lipinski definition) is 3. The molecule has 0 radical (unpaired) electrons. The van der Waals surface area contributed by atoms with E-state index < -0.39 is 35.8 Å². The molecule has 9 heteroatoms. The van der Waals surface area contributed by atoms with Crippen molar-refractivity contribution in [2.75, 3.05) is 33.3 Å². The zero-order valence-corrected chi connectivity index (χ0v) is 13.2. The summed E-state index contributed by atoms with van der Waals surface area (Å²) in [4.78, 5) is 1.46. The molecular weight excluding hydrogens is 343 g/mol. The van der Waals surface area contributed by atoms with E-state index in [4.69, 9.17) is 4.74 Å². The highest BCUT2D eigenvalue weighted by Crippen LogP contribution is 2.37. The molecule has 1 aromatic rings. The van der Waals surface area contributed by atoms with Crippen LogP contribution in [0.15, 0.2) is 12.1 Å². The molecule has 1 heterocycles. The van der Waals surface area contributed by atoms with Crippen LogP contribution < -0.4 is 10.1 Å². The average molecular weight is 361 g/mol. The van der Waals surface area contributed by atoms with Crippen LogP contribution in [0.2, 0.25) is 0 Å². The Hall–Kier alpha value is -1.12. The fourth-order valence-corrected chi connectivity index (χ4v) is 2.62. The smallest absolute Gasteiger partial charge is 0.390 e. The molecule has 0 aromatic heterocycles. The number of hydrogen-bond donors (Lipinski definition) is 1. The van der Waals surface area contributed by atoms with E-state index in [0.29, 0.717) is 26.2 Å². The molecule has 1 aliphatic heterocycles. The molecule has 0 amide bonds. The Kier molecular flexibility index (Phi) is 7.03. The number of piperazine rings is 1. The molecule has 2 rings (SSSR count). The minimum Gasteiger partial charge on any atom is -0.497 e. The molecule has 0 aliphatic carbocycles. The van der Waals surface area contributed by atoms with Gasteiger partial charge >= 0.3 is 6.18 Å². The van der Waals surface area contributed by atoms with E-state index >= 15 is 0 Å². The quantitative estimate of drug-likeness (QED) is 0.834. The summed E-state index contributed by atoms with van der Waals surface area (Å²) in [6.07, 6.45) is -5.82. The van der Waals surface area contributed by atoms with Gasteiger partial charge in [-0.25, -0.2) is 8.78 Å². The second-order valence-electron chi connectivity index (χ2n) is 5.13. The predicted molar refractivity (Wildman–Crippen MR) is 78.0 cm³/mol. The van der Waals surface area contributed by atoms with E-state index in [1.807, 2.05) is 0 Å². The van der Waals surface area contributed by atoms with Gasteiger partial charge in [-0.2, -0.15) is 13.2 Å². The summed E-state index contributed by atoms with van der Waals surface area (Å²) in [6.45, 7) is 1.55. The number of nitrogens with one attached hydrogen (secondary N) is 1. The number of methoxy groups -OCH3 is 1. The van der Waals surface area contributed by atoms with Gasteiger partial charge in [-0.15, -0.1) is 12.4 Å². The molecule has 3 nitrogen and oxygen atoms in total. The maximum Gasteiger partial charge on any atom is 0.390 e. The lowest BCUT2D eigenvalue weighted by molar-refractivity contribution is -0.149. The maximum absolute atomic E-state index is 14.1. The Labute approximate surface area is 137 Å². The van der Waals surface area contributed by atoms with Crippen LogP contribution in [0.5, 0.6) is 5.75 Å². The van der Waals surface area contributed by atoms with Gasteiger partial charge in [0.25, 0.3) is 0 Å². The first-order valence-electron chi connectivity index (χ1n) is 6.86. The third-order valence-electron chi connectivity index (χ3n) is 3.64. The van der Waals surface area contributed by atoms with Crippen molar-refractivity contribution in [3.05, 3.63) is 29.3 Å². The summed E-state index contributed by atoms with van der Waals surface area (Å²) in [7, 11) is 1.23. The summed E-state index contributed by atoms with van der Waals surface area (Å²) in [5.74, 6) is -2.11. The van der Waals surface area contributed by atoms with Gasteiger partial charge in [0.2, 0.25) is 0 Å². The number of rotatable bonds is 4. The van der Waals surface area contributed by atoms with Gasteiger partial charge in [0.05, 0.1) is 13.5 Å². The maximum atomic E-state index is 14.1. The Bertz CT molecular complexity index is 497. The van der Waals surface area contributed by atoms with Crippen molar-refractivity contribution in [2.45, 2.75) is 18.6 Å². The third kappa shape index (κ3) is 5.19. The zero-order chi connectivity index (χ0) is 16.3. The Morgan fingerprint density at radius 2 is 1.70 bits per heavy atom. The van der Waals surface area contributed by atoms with E-state index in [-0.39, 0.29) is 18.2 Å². The fourth-order valence-electron chi connectivity index (χ4n) is 2.62. The van der Waals surface area contributed by atoms with Crippen molar-refractivity contribution >= 4 is 12.4 Å². The van der Waals surface area contributed by atoms with E-state index in [9.17, 15) is 22.0 Å². The lowest BCUT2D eigenvalue weighted by atomic mass is 9.99. The molecule has 0 bridgehead atoms. The topological polar surface area (TPSA) is 24.5 Å². The van der Waals surface area contributed by atoms with Crippen molar-refractivity contribution in [3.63, 3.8) is 0 Å². The number of ether oxygens (including phenoxy) is 1. The number of halogens is 6. The minimum atomic E-state index is -4.52. The van der Waals surface area contributed by atoms with Crippen molar-refractivity contribution in [3.8, 4) is 5.75 Å². The minimum absolute atomic E-state index is 0. The molecule has 1 aliphatic rings. The van der Waals surface area contributed by atoms with E-state index in [2.05, 4.69) is 5.32 Å². The summed E-state index contributed by atoms with van der Waals surface area (Å²) in [5.41, 5.74) is -0.556. The molecule has 0 spiro atoms. The second kappa shape index (κ2) is 8.12. The van der Waals surface area contributed by atoms with Gasteiger partial charge in [0.15, 0.2) is 0 Å². The lowest BCUT2D eigenvalue weighted by Gasteiger charge is -2.36. The first-order chi connectivity index (χ1) is 10.3. The fraction of sp³-hybridized carbons (Fsp3) is 0.571. The molecular formula is C14H18ClF5N2O. The van der Waals surface area contributed by atoms with Crippen LogP contribution in [-0.2, 0) is 0 Å². The summed E-state index contributed by atoms with van der Waals surface area (Å²) in [5, 5.41) is 3.00. The predicted octanol–water partition coefficient (Wildman–Crippen LogP) is 3.29. The van der Waals surface area contributed by atoms with Crippen LogP contribution in [-0.4, -0.2) is 44.4 Å². The van der Waals surface area contributed by atoms with Gasteiger partial charge in [-0.3, -0.25) is 4.90 Å². The average Bonchev–Trinajstić information content (AvgIpc) is 2.45. The molecule has 0 saturated carbocycles. The zero-order valence-electron chi connectivity index (χ0n) is 12.4. The van der Waals surface area contributed by atoms with Crippen LogP contribution >= 0.6 is 12.4 Å². The number of benzene rings is 1. The van der Waals surface area contributed by atoms with Gasteiger partial charge in [-0.05, 0) is 0 Å². The lowest BCUT2D eigenvalue weighted by Crippen LogP contribution is -2.46. The Morgan fingerprint density at radius 1 is 1.17 bits per heavy atom. The summed E-state index contributed by atoms with van der Waals surface area (Å²) >= 11 is 0. The van der Waals surface area contributed by atoms with Gasteiger partial charge in [-0.1, -0.05) is 0 Å². The van der Waals surface area contributed by atoms with Crippen LogP contribution in [0.1, 0.15) is 18.0 Å². The highest BCUT2D eigenvalue weighted by molar-refractivity contribution is 5.85. The van der Waals surface area contributed by atoms with Gasteiger partial charge in [0.1, 0.15) is 17.4 Å². The largest absolute Gasteiger partial charge is 0.497 e. The highest BCUT2D eigenvalue weighted by Gasteiger charge is 2.38. The second-order valence-corrected chi connectivity index (χ2v) is 5.13. The summed E-state index contributed by atoms with van der Waals surface area (Å²) in [6, 6.07) is 0.432. The van der Waals surface area contributed by atoms with Crippen LogP contribution in [0.4, 0.5) is 22.0 Å². The first-order valence-corrected chi connectivity index (χ1v) is 6.86. The van der Waals surface area contributed by atoms with Crippen molar-refractivity contribution in [2.24, 2.45) is 0 Å². The monoisotopic (exact) mass is 360 g/mol. The van der Waals surface area contributed by atoms with Crippen LogP contribution in [0.3, 0.4) is 0 Å². The van der Waals surface area contributed by atoms with E-state index in [1.54, 1.807) is 0 Å². The standard InChI is InChI=1S/C14H17F5N2O.ClH/c1-22-9-6-10(15)13(11(16)7-9)12(8-14(17,18)19)21-4-2-20-3-5-21;/h6-7,12,20H,2-5,8H2,1H3;1H/t12-;/m1./s1. The van der Waals surface area contributed by atoms with E-state index in [1.165, 1.54) is 12.0 Å². The summed E-state index contributed by atoms with van der Waals surface area (Å²) < 4.78 is 71.6. The normalized spacial score (nSPS) is 17.5. The molecule has 1 aromatic carbocycles. The SMILES string of the molecule is COc1cc(F)c([C@@H](CC(F)(F)F)N2CCNCC2)c(F)c1.Cl. The number of nitrogens with zero attached hydrogens (tertiary/aromatic N) is 1. The Morgan fingerprint density at radius 3 is 2.13 bits per heavy atom. The van der Waals surface area contributed by atoms with Gasteiger partial charge in [0, 0.05) is 49.9 Å². The molecule has 23 heavy (non-hydrogen) atoms. The molecule has 1 N–H and O–H groups in total. The molecule has 132 valence electrons. The van der Waals surface area contributed by atoms with Crippen LogP contribution in [0, 0.1) is 11.6 Å². The van der Waals surface area contributed by atoms with Crippen LogP contribution in [0.25, 0.3) is 0 Å². The van der Waals surface area contributed by atoms with E-state index in [0.717, 1.165) is 12.1 Å². The molecule has 0 unspecified atom stereocenters. The number of alkyl halides is 3. The molecule has 1 fully saturated rings. The third-order valence-corrected chi connectivity index (χ3v) is 3.64.